The van der Waals surface area contributed by atoms with Gasteiger partial charge in [0.15, 0.2) is 9.84 Å². The van der Waals surface area contributed by atoms with Gasteiger partial charge in [-0.05, 0) is 47.9 Å². The first kappa shape index (κ1) is 26.6. The molecule has 1 unspecified atom stereocenters. The minimum absolute atomic E-state index is 0.0503. The lowest BCUT2D eigenvalue weighted by Gasteiger charge is -2.31. The summed E-state index contributed by atoms with van der Waals surface area (Å²) >= 11 is 1.59. The van der Waals surface area contributed by atoms with E-state index in [1.54, 1.807) is 23.5 Å². The van der Waals surface area contributed by atoms with E-state index in [2.05, 4.69) is 43.7 Å². The van der Waals surface area contributed by atoms with Gasteiger partial charge in [0.25, 0.3) is 0 Å². The van der Waals surface area contributed by atoms with Crippen molar-refractivity contribution in [2.75, 3.05) is 42.7 Å². The van der Waals surface area contributed by atoms with E-state index in [-0.39, 0.29) is 6.10 Å². The number of hydrogen-bond donors (Lipinski definition) is 2. The molecule has 4 aromatic rings. The monoisotopic (exact) mass is 574 g/mol. The lowest BCUT2D eigenvalue weighted by molar-refractivity contribution is 0.0277. The van der Waals surface area contributed by atoms with Gasteiger partial charge in [-0.25, -0.2) is 18.4 Å². The minimum Gasteiger partial charge on any atom is -0.371 e. The maximum atomic E-state index is 12.5. The Bertz CT molecular complexity index is 1660. The molecule has 0 amide bonds. The van der Waals surface area contributed by atoms with E-state index in [9.17, 15) is 8.42 Å². The normalized spacial score (nSPS) is 17.3. The number of thiazole rings is 1. The molecule has 1 fully saturated rings. The van der Waals surface area contributed by atoms with Crippen molar-refractivity contribution < 1.29 is 13.2 Å². The summed E-state index contributed by atoms with van der Waals surface area (Å²) in [6, 6.07) is 15.2. The van der Waals surface area contributed by atoms with Crippen LogP contribution in [0.4, 0.5) is 17.5 Å². The molecular formula is C29H30N6O3S2. The Morgan fingerprint density at radius 1 is 1.15 bits per heavy atom. The zero-order chi connectivity index (χ0) is 27.7. The Morgan fingerprint density at radius 2 is 1.98 bits per heavy atom. The van der Waals surface area contributed by atoms with Gasteiger partial charge in [0.05, 0.1) is 33.7 Å². The third kappa shape index (κ3) is 5.64. The molecule has 11 heteroatoms. The van der Waals surface area contributed by atoms with Crippen LogP contribution in [0.5, 0.6) is 0 Å². The van der Waals surface area contributed by atoms with Gasteiger partial charge in [-0.15, -0.1) is 11.3 Å². The van der Waals surface area contributed by atoms with E-state index in [0.29, 0.717) is 30.5 Å². The van der Waals surface area contributed by atoms with Crippen LogP contribution in [0.15, 0.2) is 65.1 Å². The molecule has 1 saturated heterocycles. The van der Waals surface area contributed by atoms with Gasteiger partial charge >= 0.3 is 0 Å². The molecule has 0 spiro atoms. The quantitative estimate of drug-likeness (QED) is 0.327. The highest BCUT2D eigenvalue weighted by molar-refractivity contribution is 7.90. The van der Waals surface area contributed by atoms with Crippen molar-refractivity contribution in [2.24, 2.45) is 0 Å². The van der Waals surface area contributed by atoms with Crippen molar-refractivity contribution >= 4 is 50.3 Å². The summed E-state index contributed by atoms with van der Waals surface area (Å²) in [4.78, 5) is 17.5. The average Bonchev–Trinajstić information content (AvgIpc) is 3.39. The molecule has 0 saturated carbocycles. The number of aromatic nitrogens is 3. The maximum absolute atomic E-state index is 12.5. The molecule has 40 heavy (non-hydrogen) atoms. The van der Waals surface area contributed by atoms with Gasteiger partial charge < -0.3 is 20.3 Å². The predicted molar refractivity (Wildman–Crippen MR) is 159 cm³/mol. The number of nitrogens with zero attached hydrogens (tertiary/aromatic N) is 4. The van der Waals surface area contributed by atoms with Gasteiger partial charge in [0.1, 0.15) is 5.82 Å². The van der Waals surface area contributed by atoms with E-state index < -0.39 is 9.84 Å². The Labute approximate surface area is 237 Å². The van der Waals surface area contributed by atoms with Crippen LogP contribution in [0, 0.1) is 6.92 Å². The smallest absolute Gasteiger partial charge is 0.229 e. The van der Waals surface area contributed by atoms with E-state index >= 15 is 0 Å². The molecular weight excluding hydrogens is 544 g/mol. The van der Waals surface area contributed by atoms with E-state index in [4.69, 9.17) is 9.72 Å². The first-order valence-electron chi connectivity index (χ1n) is 13.1. The number of benzene rings is 2. The van der Waals surface area contributed by atoms with Crippen LogP contribution in [0.25, 0.3) is 11.6 Å². The zero-order valence-corrected chi connectivity index (χ0v) is 23.9. The fourth-order valence-corrected chi connectivity index (χ4v) is 6.83. The number of ether oxygens (including phenoxy) is 1. The van der Waals surface area contributed by atoms with Crippen molar-refractivity contribution in [2.45, 2.75) is 24.5 Å². The molecule has 0 radical (unpaired) electrons. The van der Waals surface area contributed by atoms with Crippen LogP contribution in [0.3, 0.4) is 0 Å². The van der Waals surface area contributed by atoms with Crippen LogP contribution < -0.4 is 15.5 Å². The van der Waals surface area contributed by atoms with Crippen LogP contribution >= 0.6 is 11.3 Å². The largest absolute Gasteiger partial charge is 0.371 e. The summed E-state index contributed by atoms with van der Waals surface area (Å²) in [5, 5.41) is 6.68. The highest BCUT2D eigenvalue weighted by atomic mass is 32.2. The number of hydrogen-bond acceptors (Lipinski definition) is 10. The van der Waals surface area contributed by atoms with Crippen molar-refractivity contribution in [3.63, 3.8) is 0 Å². The Hall–Kier alpha value is -3.64. The summed E-state index contributed by atoms with van der Waals surface area (Å²) in [6.07, 6.45) is 5.21. The molecule has 1 atom stereocenters. The van der Waals surface area contributed by atoms with E-state index in [1.165, 1.54) is 6.26 Å². The average molecular weight is 575 g/mol. The highest BCUT2D eigenvalue weighted by Gasteiger charge is 2.25. The molecule has 2 aliphatic rings. The predicted octanol–water partition coefficient (Wildman–Crippen LogP) is 4.61. The van der Waals surface area contributed by atoms with Crippen molar-refractivity contribution in [1.82, 2.24) is 20.3 Å². The molecule has 2 aromatic carbocycles. The molecule has 9 nitrogen and oxygen atoms in total. The minimum atomic E-state index is -3.39. The van der Waals surface area contributed by atoms with Crippen molar-refractivity contribution in [1.29, 1.82) is 0 Å². The summed E-state index contributed by atoms with van der Waals surface area (Å²) in [7, 11) is -3.39. The molecule has 4 heterocycles. The molecule has 6 rings (SSSR count). The van der Waals surface area contributed by atoms with Gasteiger partial charge in [-0.1, -0.05) is 30.3 Å². The first-order chi connectivity index (χ1) is 19.3. The molecule has 0 bridgehead atoms. The fourth-order valence-electron chi connectivity index (χ4n) is 5.08. The van der Waals surface area contributed by atoms with E-state index in [0.717, 1.165) is 57.4 Å². The van der Waals surface area contributed by atoms with Crippen molar-refractivity contribution in [3.05, 3.63) is 87.5 Å². The standard InChI is InChI=1S/C29H30N6O3S2/c1-19-27(39-18-32-19)23-13-22-14-31-29(33-24-9-7-20(8-10-24)25-15-30-11-12-38-25)34-28(22)35(17-23)16-21-5-3-4-6-26(21)40(2,36)37/h3-10,13-14,18,25,30H,11-12,15-17H2,1-2H3,(H,31,33,34). The number of sulfone groups is 1. The van der Waals surface area contributed by atoms with Crippen molar-refractivity contribution in [3.8, 4) is 0 Å². The summed E-state index contributed by atoms with van der Waals surface area (Å²) in [6.45, 7) is 5.33. The number of morpholine rings is 1. The second-order valence-corrected chi connectivity index (χ2v) is 12.8. The SMILES string of the molecule is Cc1ncsc1C1=Cc2cnc(Nc3ccc(C4CNCCO4)cc3)nc2N(Cc2ccccc2S(C)(=O)=O)C1. The topological polar surface area (TPSA) is 109 Å². The molecule has 0 aliphatic carbocycles. The third-order valence-electron chi connectivity index (χ3n) is 7.02. The Morgan fingerprint density at radius 3 is 2.70 bits per heavy atom. The Balaban J connectivity index is 1.32. The first-order valence-corrected chi connectivity index (χ1v) is 15.8. The van der Waals surface area contributed by atoms with Crippen LogP contribution in [-0.4, -0.2) is 55.9 Å². The van der Waals surface area contributed by atoms with Gasteiger partial charge in [0, 0.05) is 49.9 Å². The lowest BCUT2D eigenvalue weighted by Crippen LogP contribution is -2.33. The van der Waals surface area contributed by atoms with Gasteiger partial charge in [0.2, 0.25) is 5.95 Å². The highest BCUT2D eigenvalue weighted by Crippen LogP contribution is 2.36. The van der Waals surface area contributed by atoms with Crippen LogP contribution in [0.2, 0.25) is 0 Å². The number of rotatable bonds is 7. The second-order valence-electron chi connectivity index (χ2n) is 9.96. The van der Waals surface area contributed by atoms with Gasteiger partial charge in [-0.3, -0.25) is 0 Å². The van der Waals surface area contributed by atoms with Crippen LogP contribution in [0.1, 0.15) is 33.4 Å². The zero-order valence-electron chi connectivity index (χ0n) is 22.3. The number of fused-ring (bicyclic) bond motifs is 1. The molecule has 206 valence electrons. The number of aryl methyl sites for hydroxylation is 1. The lowest BCUT2D eigenvalue weighted by atomic mass is 10.0. The van der Waals surface area contributed by atoms with Gasteiger partial charge in [-0.2, -0.15) is 4.98 Å². The summed E-state index contributed by atoms with van der Waals surface area (Å²) in [5.41, 5.74) is 7.49. The Kier molecular flexibility index (Phi) is 7.37. The molecule has 2 aromatic heterocycles. The van der Waals surface area contributed by atoms with E-state index in [1.807, 2.05) is 42.9 Å². The summed E-state index contributed by atoms with van der Waals surface area (Å²) < 4.78 is 30.9. The molecule has 2 N–H and O–H groups in total. The fraction of sp³-hybridized carbons (Fsp3) is 0.276. The third-order valence-corrected chi connectivity index (χ3v) is 9.22. The summed E-state index contributed by atoms with van der Waals surface area (Å²) in [5.74, 6) is 1.21. The number of nitrogens with one attached hydrogen (secondary N) is 2. The van der Waals surface area contributed by atoms with Crippen LogP contribution in [-0.2, 0) is 21.1 Å². The maximum Gasteiger partial charge on any atom is 0.229 e. The number of anilines is 3. The second kappa shape index (κ2) is 11.1. The molecule has 2 aliphatic heterocycles.